The summed E-state index contributed by atoms with van der Waals surface area (Å²) in [7, 11) is 0. The molecule has 1 aliphatic rings. The van der Waals surface area contributed by atoms with Crippen molar-refractivity contribution < 1.29 is 18.7 Å². The van der Waals surface area contributed by atoms with E-state index in [1.807, 2.05) is 47.1 Å². The molecular formula is C25H26N4O4. The highest BCUT2D eigenvalue weighted by Gasteiger charge is 2.17. The van der Waals surface area contributed by atoms with Gasteiger partial charge in [0.25, 0.3) is 11.9 Å². The first kappa shape index (κ1) is 21.2. The lowest BCUT2D eigenvalue weighted by Gasteiger charge is -2.26. The summed E-state index contributed by atoms with van der Waals surface area (Å²) in [5, 5.41) is 8.42. The van der Waals surface area contributed by atoms with Crippen molar-refractivity contribution in [3.8, 4) is 11.8 Å². The lowest BCUT2D eigenvalue weighted by Crippen LogP contribution is -2.41. The second kappa shape index (κ2) is 9.89. The van der Waals surface area contributed by atoms with E-state index in [0.717, 1.165) is 49.3 Å². The van der Waals surface area contributed by atoms with Crippen LogP contribution >= 0.6 is 0 Å². The van der Waals surface area contributed by atoms with Crippen LogP contribution < -0.4 is 10.1 Å². The first-order valence-electron chi connectivity index (χ1n) is 11.1. The number of para-hydroxylation sites is 1. The number of furan rings is 1. The molecule has 2 aromatic carbocycles. The summed E-state index contributed by atoms with van der Waals surface area (Å²) in [6.45, 7) is 5.21. The normalized spacial score (nSPS) is 14.4. The van der Waals surface area contributed by atoms with Gasteiger partial charge in [-0.05, 0) is 23.8 Å². The SMILES string of the molecule is O=C(NCCN1CCOCC1)c1ccc(Oc2nn(Cc3ccccc3)c3ccccc23)o1. The number of carbonyl (C=O) groups is 1. The third-order valence-electron chi connectivity index (χ3n) is 5.62. The van der Waals surface area contributed by atoms with Crippen molar-refractivity contribution in [2.24, 2.45) is 0 Å². The number of rotatable bonds is 8. The highest BCUT2D eigenvalue weighted by molar-refractivity contribution is 5.91. The Morgan fingerprint density at radius 1 is 1.00 bits per heavy atom. The average Bonchev–Trinajstić information content (AvgIpc) is 3.46. The fraction of sp³-hybridized carbons (Fsp3) is 0.280. The van der Waals surface area contributed by atoms with Gasteiger partial charge < -0.3 is 19.2 Å². The van der Waals surface area contributed by atoms with Crippen LogP contribution in [0.15, 0.2) is 71.1 Å². The minimum Gasteiger partial charge on any atom is -0.420 e. The van der Waals surface area contributed by atoms with E-state index in [1.54, 1.807) is 12.1 Å². The number of carbonyl (C=O) groups excluding carboxylic acids is 1. The summed E-state index contributed by atoms with van der Waals surface area (Å²) >= 11 is 0. The molecular weight excluding hydrogens is 420 g/mol. The lowest BCUT2D eigenvalue weighted by atomic mass is 10.2. The third kappa shape index (κ3) is 5.08. The van der Waals surface area contributed by atoms with Gasteiger partial charge in [-0.25, -0.2) is 0 Å². The highest BCUT2D eigenvalue weighted by atomic mass is 16.6. The second-order valence-corrected chi connectivity index (χ2v) is 7.90. The fourth-order valence-corrected chi connectivity index (χ4v) is 3.88. The summed E-state index contributed by atoms with van der Waals surface area (Å²) in [5.74, 6) is 0.608. The number of ether oxygens (including phenoxy) is 2. The van der Waals surface area contributed by atoms with Crippen LogP contribution in [0.25, 0.3) is 10.9 Å². The largest absolute Gasteiger partial charge is 0.420 e. The minimum atomic E-state index is -0.266. The molecule has 0 aliphatic carbocycles. The van der Waals surface area contributed by atoms with E-state index < -0.39 is 0 Å². The van der Waals surface area contributed by atoms with Crippen LogP contribution in [-0.4, -0.2) is 60.0 Å². The van der Waals surface area contributed by atoms with Crippen molar-refractivity contribution in [2.75, 3.05) is 39.4 Å². The molecule has 8 heteroatoms. The number of nitrogens with one attached hydrogen (secondary N) is 1. The smallest absolute Gasteiger partial charge is 0.291 e. The topological polar surface area (TPSA) is 81.8 Å². The van der Waals surface area contributed by atoms with Gasteiger partial charge in [-0.15, -0.1) is 5.10 Å². The van der Waals surface area contributed by atoms with Gasteiger partial charge in [-0.1, -0.05) is 42.5 Å². The van der Waals surface area contributed by atoms with Crippen molar-refractivity contribution in [1.29, 1.82) is 0 Å². The number of fused-ring (bicyclic) bond motifs is 1. The van der Waals surface area contributed by atoms with Gasteiger partial charge in [0, 0.05) is 32.2 Å². The van der Waals surface area contributed by atoms with Crippen molar-refractivity contribution >= 4 is 16.8 Å². The summed E-state index contributed by atoms with van der Waals surface area (Å²) < 4.78 is 18.8. The molecule has 0 radical (unpaired) electrons. The Balaban J connectivity index is 1.25. The third-order valence-corrected chi connectivity index (χ3v) is 5.62. The van der Waals surface area contributed by atoms with Crippen LogP contribution in [0.3, 0.4) is 0 Å². The van der Waals surface area contributed by atoms with Crippen molar-refractivity contribution in [3.05, 3.63) is 78.1 Å². The number of morpholine rings is 1. The van der Waals surface area contributed by atoms with Crippen LogP contribution in [0.1, 0.15) is 16.1 Å². The number of hydrogen-bond acceptors (Lipinski definition) is 6. The molecule has 170 valence electrons. The fourth-order valence-electron chi connectivity index (χ4n) is 3.88. The van der Waals surface area contributed by atoms with Crippen molar-refractivity contribution in [1.82, 2.24) is 20.0 Å². The van der Waals surface area contributed by atoms with Gasteiger partial charge in [-0.3, -0.25) is 14.4 Å². The predicted molar refractivity (Wildman–Crippen MR) is 124 cm³/mol. The first-order chi connectivity index (χ1) is 16.3. The number of hydrogen-bond donors (Lipinski definition) is 1. The van der Waals surface area contributed by atoms with Crippen LogP contribution in [0.4, 0.5) is 0 Å². The Labute approximate surface area is 191 Å². The quantitative estimate of drug-likeness (QED) is 0.446. The van der Waals surface area contributed by atoms with Crippen LogP contribution in [-0.2, 0) is 11.3 Å². The van der Waals surface area contributed by atoms with Crippen LogP contribution in [0, 0.1) is 0 Å². The number of nitrogens with zero attached hydrogens (tertiary/aromatic N) is 3. The molecule has 0 unspecified atom stereocenters. The van der Waals surface area contributed by atoms with E-state index in [4.69, 9.17) is 13.9 Å². The Kier molecular flexibility index (Phi) is 6.37. The van der Waals surface area contributed by atoms with E-state index in [0.29, 0.717) is 19.0 Å². The van der Waals surface area contributed by atoms with Crippen LogP contribution in [0.5, 0.6) is 11.8 Å². The number of aromatic nitrogens is 2. The zero-order valence-electron chi connectivity index (χ0n) is 18.3. The Morgan fingerprint density at radius 2 is 1.79 bits per heavy atom. The zero-order valence-corrected chi connectivity index (χ0v) is 18.3. The maximum atomic E-state index is 12.4. The summed E-state index contributed by atoms with van der Waals surface area (Å²) in [4.78, 5) is 14.7. The molecule has 0 saturated carbocycles. The Morgan fingerprint density at radius 3 is 2.64 bits per heavy atom. The van der Waals surface area contributed by atoms with Gasteiger partial charge in [-0.2, -0.15) is 0 Å². The van der Waals surface area contributed by atoms with Gasteiger partial charge in [0.2, 0.25) is 5.88 Å². The zero-order chi connectivity index (χ0) is 22.5. The lowest BCUT2D eigenvalue weighted by molar-refractivity contribution is 0.0382. The number of amides is 1. The Hall–Kier alpha value is -3.62. The second-order valence-electron chi connectivity index (χ2n) is 7.90. The standard InChI is InChI=1S/C25H26N4O4/c30-24(26-12-13-28-14-16-31-17-15-28)22-10-11-23(32-22)33-25-20-8-4-5-9-21(20)29(27-25)18-19-6-2-1-3-7-19/h1-11H,12-18H2,(H,26,30). The minimum absolute atomic E-state index is 0.208. The van der Waals surface area contributed by atoms with E-state index in [-0.39, 0.29) is 17.6 Å². The average molecular weight is 447 g/mol. The monoisotopic (exact) mass is 446 g/mol. The van der Waals surface area contributed by atoms with Gasteiger partial charge in [0.05, 0.1) is 30.7 Å². The molecule has 0 atom stereocenters. The van der Waals surface area contributed by atoms with Gasteiger partial charge in [0.1, 0.15) is 0 Å². The molecule has 33 heavy (non-hydrogen) atoms. The molecule has 4 aromatic rings. The summed E-state index contributed by atoms with van der Waals surface area (Å²) in [6.07, 6.45) is 0. The van der Waals surface area contributed by atoms with E-state index in [2.05, 4.69) is 27.4 Å². The van der Waals surface area contributed by atoms with Gasteiger partial charge >= 0.3 is 0 Å². The first-order valence-corrected chi connectivity index (χ1v) is 11.1. The molecule has 2 aromatic heterocycles. The molecule has 8 nitrogen and oxygen atoms in total. The predicted octanol–water partition coefficient (Wildman–Crippen LogP) is 3.53. The maximum Gasteiger partial charge on any atom is 0.291 e. The molecule has 5 rings (SSSR count). The highest BCUT2D eigenvalue weighted by Crippen LogP contribution is 2.30. The summed E-state index contributed by atoms with van der Waals surface area (Å²) in [5.41, 5.74) is 2.11. The molecule has 3 heterocycles. The Bertz CT molecular complexity index is 1210. The molecule has 0 bridgehead atoms. The van der Waals surface area contributed by atoms with E-state index in [9.17, 15) is 4.79 Å². The molecule has 1 fully saturated rings. The maximum absolute atomic E-state index is 12.4. The molecule has 1 amide bonds. The molecule has 0 spiro atoms. The molecule has 1 saturated heterocycles. The number of benzene rings is 2. The summed E-state index contributed by atoms with van der Waals surface area (Å²) in [6, 6.07) is 21.3. The van der Waals surface area contributed by atoms with Crippen molar-refractivity contribution in [3.63, 3.8) is 0 Å². The molecule has 1 N–H and O–H groups in total. The van der Waals surface area contributed by atoms with E-state index in [1.165, 1.54) is 0 Å². The van der Waals surface area contributed by atoms with Crippen molar-refractivity contribution in [2.45, 2.75) is 6.54 Å². The van der Waals surface area contributed by atoms with Crippen LogP contribution in [0.2, 0.25) is 0 Å². The molecule has 1 aliphatic heterocycles. The van der Waals surface area contributed by atoms with E-state index >= 15 is 0 Å². The van der Waals surface area contributed by atoms with Gasteiger partial charge in [0.15, 0.2) is 5.76 Å².